The number of aliphatic carboxylic acids is 1. The number of carboxylic acids is 1. The smallest absolute Gasteiger partial charge is 0.317 e. The third-order valence-electron chi connectivity index (χ3n) is 4.51. The summed E-state index contributed by atoms with van der Waals surface area (Å²) in [4.78, 5) is 24.6. The molecule has 2 rings (SSSR count). The molecule has 0 heterocycles. The Morgan fingerprint density at radius 3 is 2.26 bits per heavy atom. The normalized spacial score (nSPS) is 27.4. The first-order chi connectivity index (χ1) is 9.06. The van der Waals surface area contributed by atoms with E-state index in [0.717, 1.165) is 19.4 Å². The number of nitrogens with zero attached hydrogens (tertiary/aromatic N) is 1. The Kier molecular flexibility index (Phi) is 4.66. The molecule has 2 aliphatic rings. The number of carbonyl (C=O) groups is 2. The van der Waals surface area contributed by atoms with Crippen LogP contribution in [0.15, 0.2) is 0 Å². The number of hydrogen-bond acceptors (Lipinski definition) is 2. The lowest BCUT2D eigenvalue weighted by atomic mass is 9.85. The summed E-state index contributed by atoms with van der Waals surface area (Å²) in [5.41, 5.74) is 0. The quantitative estimate of drug-likeness (QED) is 0.820. The van der Waals surface area contributed by atoms with Crippen LogP contribution in [0.4, 0.5) is 4.79 Å². The van der Waals surface area contributed by atoms with Gasteiger partial charge in [-0.1, -0.05) is 6.42 Å². The van der Waals surface area contributed by atoms with Gasteiger partial charge in [0, 0.05) is 19.6 Å². The van der Waals surface area contributed by atoms with Crippen LogP contribution in [-0.4, -0.2) is 41.6 Å². The van der Waals surface area contributed by atoms with Gasteiger partial charge in [-0.3, -0.25) is 4.79 Å². The van der Waals surface area contributed by atoms with E-state index in [9.17, 15) is 9.59 Å². The highest BCUT2D eigenvalue weighted by Gasteiger charge is 2.28. The van der Waals surface area contributed by atoms with Crippen molar-refractivity contribution in [1.82, 2.24) is 10.2 Å². The van der Waals surface area contributed by atoms with Gasteiger partial charge < -0.3 is 15.3 Å². The Hall–Kier alpha value is -1.26. The van der Waals surface area contributed by atoms with Crippen molar-refractivity contribution in [3.8, 4) is 0 Å². The molecule has 2 N–H and O–H groups in total. The van der Waals surface area contributed by atoms with Gasteiger partial charge >= 0.3 is 12.0 Å². The van der Waals surface area contributed by atoms with Gasteiger partial charge in [-0.2, -0.15) is 0 Å². The van der Waals surface area contributed by atoms with E-state index in [1.807, 2.05) is 7.05 Å². The molecule has 2 fully saturated rings. The monoisotopic (exact) mass is 268 g/mol. The van der Waals surface area contributed by atoms with E-state index >= 15 is 0 Å². The lowest BCUT2D eigenvalue weighted by molar-refractivity contribution is -0.142. The highest BCUT2D eigenvalue weighted by atomic mass is 16.4. The summed E-state index contributed by atoms with van der Waals surface area (Å²) in [7, 11) is 1.84. The fourth-order valence-electron chi connectivity index (χ4n) is 2.92. The molecule has 5 nitrogen and oxygen atoms in total. The maximum Gasteiger partial charge on any atom is 0.317 e. The summed E-state index contributed by atoms with van der Waals surface area (Å²) >= 11 is 0. The molecule has 0 aromatic carbocycles. The largest absolute Gasteiger partial charge is 0.481 e. The van der Waals surface area contributed by atoms with Crippen LogP contribution in [0.25, 0.3) is 0 Å². The van der Waals surface area contributed by atoms with Gasteiger partial charge in [-0.05, 0) is 44.4 Å². The number of carboxylic acid groups (broad SMARTS) is 1. The lowest BCUT2D eigenvalue weighted by Crippen LogP contribution is -2.46. The second kappa shape index (κ2) is 6.26. The van der Waals surface area contributed by atoms with Crippen molar-refractivity contribution in [2.45, 2.75) is 51.0 Å². The van der Waals surface area contributed by atoms with Crippen LogP contribution in [0.2, 0.25) is 0 Å². The molecule has 5 heteroatoms. The average molecular weight is 268 g/mol. The molecule has 0 spiro atoms. The molecule has 0 atom stereocenters. The van der Waals surface area contributed by atoms with Gasteiger partial charge in [0.25, 0.3) is 0 Å². The molecule has 2 saturated carbocycles. The van der Waals surface area contributed by atoms with Gasteiger partial charge in [-0.25, -0.2) is 4.79 Å². The molecule has 0 saturated heterocycles. The minimum absolute atomic E-state index is 0.00863. The van der Waals surface area contributed by atoms with Crippen LogP contribution in [0.1, 0.15) is 44.9 Å². The zero-order valence-corrected chi connectivity index (χ0v) is 11.6. The highest BCUT2D eigenvalue weighted by Crippen LogP contribution is 2.27. The maximum atomic E-state index is 12.0. The van der Waals surface area contributed by atoms with Gasteiger partial charge in [0.05, 0.1) is 5.92 Å². The third-order valence-corrected chi connectivity index (χ3v) is 4.51. The van der Waals surface area contributed by atoms with Crippen LogP contribution in [0.3, 0.4) is 0 Å². The minimum Gasteiger partial charge on any atom is -0.481 e. The van der Waals surface area contributed by atoms with Crippen molar-refractivity contribution in [2.24, 2.45) is 11.8 Å². The number of amides is 2. The second-order valence-electron chi connectivity index (χ2n) is 6.01. The van der Waals surface area contributed by atoms with Crippen molar-refractivity contribution in [1.29, 1.82) is 0 Å². The fraction of sp³-hybridized carbons (Fsp3) is 0.857. The topological polar surface area (TPSA) is 69.6 Å². The van der Waals surface area contributed by atoms with Crippen LogP contribution >= 0.6 is 0 Å². The molecular formula is C14H24N2O3. The van der Waals surface area contributed by atoms with E-state index in [2.05, 4.69) is 5.32 Å². The van der Waals surface area contributed by atoms with Crippen LogP contribution < -0.4 is 5.32 Å². The number of rotatable bonds is 4. The third kappa shape index (κ3) is 3.85. The molecule has 2 amide bonds. The van der Waals surface area contributed by atoms with Crippen molar-refractivity contribution < 1.29 is 14.7 Å². The van der Waals surface area contributed by atoms with E-state index in [1.54, 1.807) is 4.90 Å². The molecule has 0 aromatic rings. The maximum absolute atomic E-state index is 12.0. The van der Waals surface area contributed by atoms with Gasteiger partial charge in [0.1, 0.15) is 0 Å². The molecule has 19 heavy (non-hydrogen) atoms. The Morgan fingerprint density at radius 1 is 1.16 bits per heavy atom. The molecule has 2 aliphatic carbocycles. The standard InChI is InChI=1S/C14H24N2O3/c1-16(9-10-3-2-4-10)14(19)15-12-7-5-11(6-8-12)13(17)18/h10-12H,2-9H2,1H3,(H,15,19)(H,17,18). The highest BCUT2D eigenvalue weighted by molar-refractivity contribution is 5.74. The number of carbonyl (C=O) groups excluding carboxylic acids is 1. The van der Waals surface area contributed by atoms with E-state index in [4.69, 9.17) is 5.11 Å². The van der Waals surface area contributed by atoms with Crippen LogP contribution in [0, 0.1) is 11.8 Å². The van der Waals surface area contributed by atoms with E-state index in [1.165, 1.54) is 19.3 Å². The first kappa shape index (κ1) is 14.2. The van der Waals surface area contributed by atoms with Crippen LogP contribution in [0.5, 0.6) is 0 Å². The lowest BCUT2D eigenvalue weighted by Gasteiger charge is -2.32. The van der Waals surface area contributed by atoms with E-state index in [0.29, 0.717) is 18.8 Å². The zero-order chi connectivity index (χ0) is 13.8. The summed E-state index contributed by atoms with van der Waals surface area (Å²) in [6, 6.07) is 0.137. The summed E-state index contributed by atoms with van der Waals surface area (Å²) in [6.07, 6.45) is 6.67. The predicted octanol–water partition coefficient (Wildman–Crippen LogP) is 2.07. The average Bonchev–Trinajstić information content (AvgIpc) is 2.34. The first-order valence-corrected chi connectivity index (χ1v) is 7.30. The second-order valence-corrected chi connectivity index (χ2v) is 6.01. The summed E-state index contributed by atoms with van der Waals surface area (Å²) in [5, 5.41) is 12.0. The van der Waals surface area contributed by atoms with Gasteiger partial charge in [0.2, 0.25) is 0 Å². The number of hydrogen-bond donors (Lipinski definition) is 2. The Labute approximate surface area is 114 Å². The summed E-state index contributed by atoms with van der Waals surface area (Å²) in [6.45, 7) is 0.844. The Morgan fingerprint density at radius 2 is 1.79 bits per heavy atom. The summed E-state index contributed by atoms with van der Waals surface area (Å²) < 4.78 is 0. The molecule has 0 aliphatic heterocycles. The molecule has 108 valence electrons. The minimum atomic E-state index is -0.702. The predicted molar refractivity (Wildman–Crippen MR) is 71.9 cm³/mol. The van der Waals surface area contributed by atoms with Crippen molar-refractivity contribution >= 4 is 12.0 Å². The molecule has 0 unspecified atom stereocenters. The Bertz CT molecular complexity index is 334. The zero-order valence-electron chi connectivity index (χ0n) is 11.6. The molecule has 0 radical (unpaired) electrons. The van der Waals surface area contributed by atoms with Crippen LogP contribution in [-0.2, 0) is 4.79 Å². The summed E-state index contributed by atoms with van der Waals surface area (Å²) in [5.74, 6) is -0.244. The first-order valence-electron chi connectivity index (χ1n) is 7.30. The Balaban J connectivity index is 1.69. The number of nitrogens with one attached hydrogen (secondary N) is 1. The van der Waals surface area contributed by atoms with Gasteiger partial charge in [0.15, 0.2) is 0 Å². The van der Waals surface area contributed by atoms with Crippen molar-refractivity contribution in [2.75, 3.05) is 13.6 Å². The van der Waals surface area contributed by atoms with Gasteiger partial charge in [-0.15, -0.1) is 0 Å². The SMILES string of the molecule is CN(CC1CCC1)C(=O)NC1CCC(C(=O)O)CC1. The van der Waals surface area contributed by atoms with E-state index in [-0.39, 0.29) is 18.0 Å². The molecule has 0 aromatic heterocycles. The molecule has 0 bridgehead atoms. The van der Waals surface area contributed by atoms with E-state index < -0.39 is 5.97 Å². The molecular weight excluding hydrogens is 244 g/mol. The fourth-order valence-corrected chi connectivity index (χ4v) is 2.92. The van der Waals surface area contributed by atoms with Crippen molar-refractivity contribution in [3.63, 3.8) is 0 Å². The van der Waals surface area contributed by atoms with Crippen molar-refractivity contribution in [3.05, 3.63) is 0 Å². The number of urea groups is 1.